The van der Waals surface area contributed by atoms with Crippen molar-refractivity contribution < 1.29 is 0 Å². The SMILES string of the molecule is C#CCCNc1cc(C)nc(Cl)c1C#N. The van der Waals surface area contributed by atoms with Gasteiger partial charge in [-0.25, -0.2) is 4.98 Å². The van der Waals surface area contributed by atoms with Crippen molar-refractivity contribution in [1.29, 1.82) is 5.26 Å². The van der Waals surface area contributed by atoms with E-state index in [1.54, 1.807) is 6.07 Å². The largest absolute Gasteiger partial charge is 0.383 e. The van der Waals surface area contributed by atoms with Crippen LogP contribution in [0.15, 0.2) is 6.07 Å². The number of hydrogen-bond acceptors (Lipinski definition) is 3. The maximum atomic E-state index is 8.89. The maximum Gasteiger partial charge on any atom is 0.149 e. The van der Waals surface area contributed by atoms with Crippen LogP contribution >= 0.6 is 11.6 Å². The van der Waals surface area contributed by atoms with E-state index < -0.39 is 0 Å². The summed E-state index contributed by atoms with van der Waals surface area (Å²) < 4.78 is 0. The van der Waals surface area contributed by atoms with E-state index in [9.17, 15) is 0 Å². The van der Waals surface area contributed by atoms with Gasteiger partial charge in [0, 0.05) is 18.7 Å². The van der Waals surface area contributed by atoms with Gasteiger partial charge in [-0.05, 0) is 13.0 Å². The number of nitriles is 1. The van der Waals surface area contributed by atoms with Crippen LogP contribution < -0.4 is 5.32 Å². The van der Waals surface area contributed by atoms with Crippen LogP contribution in [-0.2, 0) is 0 Å². The number of aromatic nitrogens is 1. The number of nitrogens with zero attached hydrogens (tertiary/aromatic N) is 2. The summed E-state index contributed by atoms with van der Waals surface area (Å²) in [5.41, 5.74) is 1.81. The molecular formula is C11H10ClN3. The Balaban J connectivity index is 2.96. The van der Waals surface area contributed by atoms with Crippen molar-refractivity contribution in [1.82, 2.24) is 4.98 Å². The minimum Gasteiger partial charge on any atom is -0.383 e. The Bertz CT molecular complexity index is 440. The molecule has 1 heterocycles. The highest BCUT2D eigenvalue weighted by Gasteiger charge is 2.08. The third kappa shape index (κ3) is 2.87. The fraction of sp³-hybridized carbons (Fsp3) is 0.273. The Labute approximate surface area is 94.1 Å². The molecule has 0 unspecified atom stereocenters. The molecule has 1 rings (SSSR count). The molecule has 1 aromatic rings. The maximum absolute atomic E-state index is 8.89. The lowest BCUT2D eigenvalue weighted by Gasteiger charge is -2.08. The van der Waals surface area contributed by atoms with Gasteiger partial charge in [0.25, 0.3) is 0 Å². The minimum atomic E-state index is 0.223. The van der Waals surface area contributed by atoms with Crippen molar-refractivity contribution in [3.63, 3.8) is 0 Å². The van der Waals surface area contributed by atoms with Crippen LogP contribution in [-0.4, -0.2) is 11.5 Å². The standard InChI is InChI=1S/C11H10ClN3/c1-3-4-5-14-10-6-8(2)15-11(12)9(10)7-13/h1,6H,4-5H2,2H3,(H,14,15). The van der Waals surface area contributed by atoms with Gasteiger partial charge in [0.15, 0.2) is 0 Å². The Morgan fingerprint density at radius 1 is 1.67 bits per heavy atom. The quantitative estimate of drug-likeness (QED) is 0.482. The lowest BCUT2D eigenvalue weighted by Crippen LogP contribution is -2.04. The van der Waals surface area contributed by atoms with Gasteiger partial charge >= 0.3 is 0 Å². The van der Waals surface area contributed by atoms with Crippen molar-refractivity contribution in [3.8, 4) is 18.4 Å². The number of aryl methyl sites for hydroxylation is 1. The van der Waals surface area contributed by atoms with Crippen molar-refractivity contribution in [2.24, 2.45) is 0 Å². The number of pyridine rings is 1. The Kier molecular flexibility index (Phi) is 3.97. The second-order valence-electron chi connectivity index (χ2n) is 2.97. The summed E-state index contributed by atoms with van der Waals surface area (Å²) in [7, 11) is 0. The van der Waals surface area contributed by atoms with Crippen LogP contribution in [0, 0.1) is 30.6 Å². The third-order valence-electron chi connectivity index (χ3n) is 1.80. The molecule has 4 heteroatoms. The van der Waals surface area contributed by atoms with Crippen LogP contribution in [0.4, 0.5) is 5.69 Å². The van der Waals surface area contributed by atoms with E-state index in [-0.39, 0.29) is 5.15 Å². The second kappa shape index (κ2) is 5.24. The van der Waals surface area contributed by atoms with Crippen LogP contribution in [0.2, 0.25) is 5.15 Å². The predicted molar refractivity (Wildman–Crippen MR) is 60.6 cm³/mol. The zero-order chi connectivity index (χ0) is 11.3. The molecule has 0 amide bonds. The summed E-state index contributed by atoms with van der Waals surface area (Å²) in [6, 6.07) is 3.79. The van der Waals surface area contributed by atoms with Crippen molar-refractivity contribution in [2.75, 3.05) is 11.9 Å². The fourth-order valence-corrected chi connectivity index (χ4v) is 1.43. The lowest BCUT2D eigenvalue weighted by molar-refractivity contribution is 1.08. The molecular weight excluding hydrogens is 210 g/mol. The molecule has 1 N–H and O–H groups in total. The van der Waals surface area contributed by atoms with Crippen LogP contribution in [0.3, 0.4) is 0 Å². The van der Waals surface area contributed by atoms with Gasteiger partial charge in [0.1, 0.15) is 16.8 Å². The van der Waals surface area contributed by atoms with Crippen LogP contribution in [0.1, 0.15) is 17.7 Å². The van der Waals surface area contributed by atoms with Gasteiger partial charge in [-0.1, -0.05) is 11.6 Å². The van der Waals surface area contributed by atoms with E-state index in [1.807, 2.05) is 13.0 Å². The molecule has 15 heavy (non-hydrogen) atoms. The Hall–Kier alpha value is -1.71. The summed E-state index contributed by atoms with van der Waals surface area (Å²) in [5.74, 6) is 2.51. The zero-order valence-electron chi connectivity index (χ0n) is 8.34. The number of terminal acetylenes is 1. The first-order valence-electron chi connectivity index (χ1n) is 4.43. The summed E-state index contributed by atoms with van der Waals surface area (Å²) in [6.07, 6.45) is 5.73. The van der Waals surface area contributed by atoms with Gasteiger partial charge in [0.2, 0.25) is 0 Å². The molecule has 1 aromatic heterocycles. The lowest BCUT2D eigenvalue weighted by atomic mass is 10.2. The highest BCUT2D eigenvalue weighted by atomic mass is 35.5. The summed E-state index contributed by atoms with van der Waals surface area (Å²) >= 11 is 5.83. The van der Waals surface area contributed by atoms with E-state index in [1.165, 1.54) is 0 Å². The monoisotopic (exact) mass is 219 g/mol. The third-order valence-corrected chi connectivity index (χ3v) is 2.07. The predicted octanol–water partition coefficient (Wildman–Crippen LogP) is 2.35. The topological polar surface area (TPSA) is 48.7 Å². The fourth-order valence-electron chi connectivity index (χ4n) is 1.15. The number of rotatable bonds is 3. The second-order valence-corrected chi connectivity index (χ2v) is 3.33. The first-order valence-corrected chi connectivity index (χ1v) is 4.81. The number of hydrogen-bond donors (Lipinski definition) is 1. The average Bonchev–Trinajstić information content (AvgIpc) is 2.17. The van der Waals surface area contributed by atoms with Crippen molar-refractivity contribution >= 4 is 17.3 Å². The average molecular weight is 220 g/mol. The van der Waals surface area contributed by atoms with E-state index in [2.05, 4.69) is 16.2 Å². The number of nitrogens with one attached hydrogen (secondary N) is 1. The first kappa shape index (κ1) is 11.4. The summed E-state index contributed by atoms with van der Waals surface area (Å²) in [6.45, 7) is 2.43. The molecule has 0 spiro atoms. The molecule has 3 nitrogen and oxygen atoms in total. The molecule has 0 fully saturated rings. The van der Waals surface area contributed by atoms with Crippen LogP contribution in [0.25, 0.3) is 0 Å². The van der Waals surface area contributed by atoms with Gasteiger partial charge in [-0.3, -0.25) is 0 Å². The molecule has 0 aliphatic rings. The van der Waals surface area contributed by atoms with Gasteiger partial charge in [0.05, 0.1) is 5.69 Å². The molecule has 0 aromatic carbocycles. The zero-order valence-corrected chi connectivity index (χ0v) is 9.10. The number of anilines is 1. The van der Waals surface area contributed by atoms with Crippen LogP contribution in [0.5, 0.6) is 0 Å². The molecule has 0 saturated carbocycles. The smallest absolute Gasteiger partial charge is 0.149 e. The minimum absolute atomic E-state index is 0.223. The highest BCUT2D eigenvalue weighted by Crippen LogP contribution is 2.22. The molecule has 0 aliphatic heterocycles. The first-order chi connectivity index (χ1) is 7.19. The highest BCUT2D eigenvalue weighted by molar-refractivity contribution is 6.31. The van der Waals surface area contributed by atoms with E-state index in [4.69, 9.17) is 23.3 Å². The van der Waals surface area contributed by atoms with Crippen molar-refractivity contribution in [2.45, 2.75) is 13.3 Å². The van der Waals surface area contributed by atoms with Gasteiger partial charge < -0.3 is 5.32 Å². The normalized spacial score (nSPS) is 9.07. The Morgan fingerprint density at radius 2 is 2.40 bits per heavy atom. The summed E-state index contributed by atoms with van der Waals surface area (Å²) in [5, 5.41) is 12.2. The molecule has 76 valence electrons. The molecule has 0 radical (unpaired) electrons. The molecule has 0 saturated heterocycles. The van der Waals surface area contributed by atoms with Gasteiger partial charge in [-0.2, -0.15) is 5.26 Å². The molecule has 0 aliphatic carbocycles. The molecule has 0 bridgehead atoms. The van der Waals surface area contributed by atoms with E-state index in [0.717, 1.165) is 5.69 Å². The Morgan fingerprint density at radius 3 is 3.00 bits per heavy atom. The van der Waals surface area contributed by atoms with E-state index in [0.29, 0.717) is 24.2 Å². The van der Waals surface area contributed by atoms with Crippen molar-refractivity contribution in [3.05, 3.63) is 22.5 Å². The number of halogens is 1. The van der Waals surface area contributed by atoms with Gasteiger partial charge in [-0.15, -0.1) is 12.3 Å². The summed E-state index contributed by atoms with van der Waals surface area (Å²) in [4.78, 5) is 4.00. The molecule has 0 atom stereocenters. The van der Waals surface area contributed by atoms with E-state index >= 15 is 0 Å².